The number of alkyl halides is 2. The van der Waals surface area contributed by atoms with Crippen LogP contribution in [0.2, 0.25) is 0 Å². The van der Waals surface area contributed by atoms with E-state index < -0.39 is 12.8 Å². The largest absolute Gasteiger partial charge is 0.491 e. The minimum absolute atomic E-state index is 0.0286. The van der Waals surface area contributed by atoms with Crippen LogP contribution in [-0.2, 0) is 6.54 Å². The summed E-state index contributed by atoms with van der Waals surface area (Å²) in [4.78, 5) is 24.6. The van der Waals surface area contributed by atoms with Crippen LogP contribution in [0.3, 0.4) is 0 Å². The molecule has 2 aromatic heterocycles. The number of ether oxygens (including phenoxy) is 2. The second kappa shape index (κ2) is 8.21. The molecule has 0 spiro atoms. The molecule has 0 atom stereocenters. The number of halogens is 2. The summed E-state index contributed by atoms with van der Waals surface area (Å²) in [5.74, 6) is 0.340. The van der Waals surface area contributed by atoms with E-state index in [0.717, 1.165) is 11.3 Å². The molecule has 0 bridgehead atoms. The van der Waals surface area contributed by atoms with Gasteiger partial charge in [0.05, 0.1) is 49.5 Å². The van der Waals surface area contributed by atoms with Crippen molar-refractivity contribution in [3.63, 3.8) is 0 Å². The quantitative estimate of drug-likeness (QED) is 0.683. The van der Waals surface area contributed by atoms with Gasteiger partial charge in [-0.05, 0) is 18.2 Å². The third-order valence-electron chi connectivity index (χ3n) is 4.27. The number of anilines is 1. The molecule has 1 aromatic carbocycles. The molecular formula is C19H17F2N5O3. The number of imidazole rings is 1. The van der Waals surface area contributed by atoms with E-state index in [4.69, 9.17) is 9.47 Å². The molecule has 1 N–H and O–H groups in total. The van der Waals surface area contributed by atoms with Crippen LogP contribution in [0.1, 0.15) is 16.8 Å². The van der Waals surface area contributed by atoms with Gasteiger partial charge in [-0.2, -0.15) is 0 Å². The van der Waals surface area contributed by atoms with E-state index in [9.17, 15) is 13.6 Å². The number of amides is 1. The molecule has 8 nitrogen and oxygen atoms in total. The first-order valence-corrected chi connectivity index (χ1v) is 8.92. The van der Waals surface area contributed by atoms with Gasteiger partial charge in [0.25, 0.3) is 5.91 Å². The molecule has 10 heteroatoms. The van der Waals surface area contributed by atoms with Crippen LogP contribution in [0.15, 0.2) is 43.1 Å². The van der Waals surface area contributed by atoms with E-state index in [1.807, 2.05) is 4.57 Å². The van der Waals surface area contributed by atoms with E-state index >= 15 is 0 Å². The predicted molar refractivity (Wildman–Crippen MR) is 99.3 cm³/mol. The normalized spacial score (nSPS) is 12.5. The smallest absolute Gasteiger partial charge is 0.316 e. The SMILES string of the molecule is O=C(Nc1cnc(OCCC(F)F)nc1)c1ccc2c(c1)-c1cncn1CCO2. The first-order chi connectivity index (χ1) is 14.1. The van der Waals surface area contributed by atoms with Gasteiger partial charge < -0.3 is 19.4 Å². The number of fused-ring (bicyclic) bond motifs is 3. The van der Waals surface area contributed by atoms with Gasteiger partial charge in [-0.1, -0.05) is 0 Å². The second-order valence-corrected chi connectivity index (χ2v) is 6.27. The lowest BCUT2D eigenvalue weighted by Crippen LogP contribution is -2.13. The molecule has 0 unspecified atom stereocenters. The Bertz CT molecular complexity index is 1010. The Morgan fingerprint density at radius 2 is 2.10 bits per heavy atom. The van der Waals surface area contributed by atoms with Crippen molar-refractivity contribution in [1.29, 1.82) is 0 Å². The van der Waals surface area contributed by atoms with Gasteiger partial charge in [0.15, 0.2) is 0 Å². The maximum atomic E-state index is 12.6. The van der Waals surface area contributed by atoms with E-state index in [0.29, 0.717) is 30.2 Å². The fourth-order valence-corrected chi connectivity index (χ4v) is 2.87. The number of nitrogens with one attached hydrogen (secondary N) is 1. The first kappa shape index (κ1) is 18.8. The number of nitrogens with zero attached hydrogens (tertiary/aromatic N) is 4. The van der Waals surface area contributed by atoms with Crippen molar-refractivity contribution in [2.75, 3.05) is 18.5 Å². The van der Waals surface area contributed by atoms with E-state index in [-0.39, 0.29) is 18.5 Å². The van der Waals surface area contributed by atoms with Gasteiger partial charge in [0.2, 0.25) is 6.43 Å². The Balaban J connectivity index is 1.46. The van der Waals surface area contributed by atoms with Crippen molar-refractivity contribution >= 4 is 11.6 Å². The Morgan fingerprint density at radius 1 is 1.28 bits per heavy atom. The zero-order valence-corrected chi connectivity index (χ0v) is 15.2. The minimum Gasteiger partial charge on any atom is -0.491 e. The molecular weight excluding hydrogens is 384 g/mol. The zero-order chi connectivity index (χ0) is 20.2. The third-order valence-corrected chi connectivity index (χ3v) is 4.27. The molecule has 1 aliphatic heterocycles. The lowest BCUT2D eigenvalue weighted by atomic mass is 10.1. The fraction of sp³-hybridized carbons (Fsp3) is 0.263. The highest BCUT2D eigenvalue weighted by atomic mass is 19.3. The van der Waals surface area contributed by atoms with E-state index in [1.165, 1.54) is 12.4 Å². The molecule has 0 saturated heterocycles. The van der Waals surface area contributed by atoms with E-state index in [2.05, 4.69) is 20.3 Å². The molecule has 1 amide bonds. The summed E-state index contributed by atoms with van der Waals surface area (Å²) >= 11 is 0. The summed E-state index contributed by atoms with van der Waals surface area (Å²) in [5, 5.41) is 2.70. The van der Waals surface area contributed by atoms with Crippen LogP contribution in [-0.4, -0.2) is 45.1 Å². The summed E-state index contributed by atoms with van der Waals surface area (Å²) in [6.07, 6.45) is 3.31. The molecule has 1 aliphatic rings. The highest BCUT2D eigenvalue weighted by Gasteiger charge is 2.18. The number of carbonyl (C=O) groups excluding carboxylic acids is 1. The number of benzene rings is 1. The van der Waals surface area contributed by atoms with Crippen LogP contribution in [0.25, 0.3) is 11.3 Å². The lowest BCUT2D eigenvalue weighted by molar-refractivity contribution is 0.102. The third kappa shape index (κ3) is 4.31. The minimum atomic E-state index is -2.45. The number of aromatic nitrogens is 4. The molecule has 150 valence electrons. The average Bonchev–Trinajstić information content (AvgIpc) is 3.10. The average molecular weight is 401 g/mol. The maximum absolute atomic E-state index is 12.6. The molecule has 3 aromatic rings. The zero-order valence-electron chi connectivity index (χ0n) is 15.2. The van der Waals surface area contributed by atoms with Gasteiger partial charge in [0, 0.05) is 17.5 Å². The van der Waals surface area contributed by atoms with Crippen molar-refractivity contribution < 1.29 is 23.0 Å². The molecule has 0 saturated carbocycles. The number of hydrogen-bond donors (Lipinski definition) is 1. The summed E-state index contributed by atoms with van der Waals surface area (Å²) in [7, 11) is 0. The van der Waals surface area contributed by atoms with Crippen LogP contribution >= 0.6 is 0 Å². The molecule has 3 heterocycles. The summed E-state index contributed by atoms with van der Waals surface area (Å²) in [6, 6.07) is 5.14. The number of hydrogen-bond acceptors (Lipinski definition) is 6. The monoisotopic (exact) mass is 401 g/mol. The predicted octanol–water partition coefficient (Wildman–Crippen LogP) is 3.02. The number of rotatable bonds is 6. The Hall–Kier alpha value is -3.56. The van der Waals surface area contributed by atoms with Crippen molar-refractivity contribution in [2.45, 2.75) is 19.4 Å². The van der Waals surface area contributed by atoms with Gasteiger partial charge in [-0.25, -0.2) is 23.7 Å². The second-order valence-electron chi connectivity index (χ2n) is 6.27. The highest BCUT2D eigenvalue weighted by Crippen LogP contribution is 2.33. The van der Waals surface area contributed by atoms with Crippen molar-refractivity contribution in [3.8, 4) is 23.0 Å². The molecule has 4 rings (SSSR count). The van der Waals surface area contributed by atoms with Crippen LogP contribution in [0, 0.1) is 0 Å². The summed E-state index contributed by atoms with van der Waals surface area (Å²) in [5.41, 5.74) is 2.44. The van der Waals surface area contributed by atoms with Crippen LogP contribution < -0.4 is 14.8 Å². The maximum Gasteiger partial charge on any atom is 0.316 e. The van der Waals surface area contributed by atoms with Crippen molar-refractivity contribution in [3.05, 3.63) is 48.7 Å². The Kier molecular flexibility index (Phi) is 5.32. The van der Waals surface area contributed by atoms with Gasteiger partial charge in [0.1, 0.15) is 12.4 Å². The van der Waals surface area contributed by atoms with Gasteiger partial charge in [-0.15, -0.1) is 0 Å². The van der Waals surface area contributed by atoms with Crippen molar-refractivity contribution in [1.82, 2.24) is 19.5 Å². The lowest BCUT2D eigenvalue weighted by Gasteiger charge is -2.10. The number of carbonyl (C=O) groups is 1. The first-order valence-electron chi connectivity index (χ1n) is 8.92. The highest BCUT2D eigenvalue weighted by molar-refractivity contribution is 6.05. The van der Waals surface area contributed by atoms with Crippen molar-refractivity contribution in [2.24, 2.45) is 0 Å². The molecule has 0 radical (unpaired) electrons. The fourth-order valence-electron chi connectivity index (χ4n) is 2.87. The molecule has 0 fully saturated rings. The van der Waals surface area contributed by atoms with Crippen LogP contribution in [0.5, 0.6) is 11.8 Å². The summed E-state index contributed by atoms with van der Waals surface area (Å²) < 4.78 is 37.0. The summed E-state index contributed by atoms with van der Waals surface area (Å²) in [6.45, 7) is 1.01. The van der Waals surface area contributed by atoms with E-state index in [1.54, 1.807) is 30.7 Å². The molecule has 29 heavy (non-hydrogen) atoms. The standard InChI is InChI=1S/C19H17F2N5O3/c20-17(21)3-5-29-19-23-8-13(9-24-19)25-18(27)12-1-2-16-14(7-12)15-10-22-11-26(15)4-6-28-16/h1-2,7-11,17H,3-6H2,(H,25,27). The Morgan fingerprint density at radius 3 is 2.90 bits per heavy atom. The molecule has 0 aliphatic carbocycles. The van der Waals surface area contributed by atoms with Gasteiger partial charge >= 0.3 is 6.01 Å². The van der Waals surface area contributed by atoms with Crippen LogP contribution in [0.4, 0.5) is 14.5 Å². The van der Waals surface area contributed by atoms with Gasteiger partial charge in [-0.3, -0.25) is 4.79 Å². The topological polar surface area (TPSA) is 91.2 Å². The Labute approximate surface area is 164 Å².